The molecule has 19 heavy (non-hydrogen) atoms. The lowest BCUT2D eigenvalue weighted by atomic mass is 9.96. The van der Waals surface area contributed by atoms with Gasteiger partial charge in [-0.3, -0.25) is 0 Å². The molecule has 0 bridgehead atoms. The fourth-order valence-corrected chi connectivity index (χ4v) is 3.35. The number of hydrogen-bond acceptors (Lipinski definition) is 3. The Morgan fingerprint density at radius 3 is 2.42 bits per heavy atom. The van der Waals surface area contributed by atoms with Gasteiger partial charge >= 0.3 is 6.09 Å². The summed E-state index contributed by atoms with van der Waals surface area (Å²) in [5.41, 5.74) is 0. The Hall–Kier alpha value is -0.770. The van der Waals surface area contributed by atoms with Gasteiger partial charge in [0.15, 0.2) is 0 Å². The molecule has 3 atom stereocenters. The molecule has 1 amide bonds. The van der Waals surface area contributed by atoms with Crippen LogP contribution in [0, 0.1) is 11.8 Å². The fourth-order valence-electron chi connectivity index (χ4n) is 3.35. The first-order chi connectivity index (χ1) is 9.11. The summed E-state index contributed by atoms with van der Waals surface area (Å²) in [6.07, 6.45) is 4.61. The first kappa shape index (κ1) is 14.6. The second-order valence-corrected chi connectivity index (χ2v) is 6.15. The molecule has 110 valence electrons. The average Bonchev–Trinajstić information content (AvgIpc) is 2.72. The number of amides is 1. The van der Waals surface area contributed by atoms with Crippen LogP contribution in [0.2, 0.25) is 0 Å². The maximum atomic E-state index is 11.6. The van der Waals surface area contributed by atoms with Crippen LogP contribution >= 0.6 is 0 Å². The highest BCUT2D eigenvalue weighted by Gasteiger charge is 2.32. The molecule has 2 rings (SSSR count). The summed E-state index contributed by atoms with van der Waals surface area (Å²) in [6.45, 7) is 8.70. The van der Waals surface area contributed by atoms with E-state index in [9.17, 15) is 4.79 Å². The van der Waals surface area contributed by atoms with Gasteiger partial charge in [0.2, 0.25) is 0 Å². The van der Waals surface area contributed by atoms with E-state index in [0.29, 0.717) is 18.7 Å². The highest BCUT2D eigenvalue weighted by molar-refractivity contribution is 5.67. The second kappa shape index (κ2) is 6.60. The molecule has 4 nitrogen and oxygen atoms in total. The molecule has 1 aliphatic heterocycles. The largest absolute Gasteiger partial charge is 0.450 e. The molecule has 2 aliphatic rings. The Bertz CT molecular complexity index is 301. The van der Waals surface area contributed by atoms with Gasteiger partial charge in [-0.25, -0.2) is 4.79 Å². The number of piperidine rings is 1. The van der Waals surface area contributed by atoms with E-state index in [1.165, 1.54) is 12.8 Å². The average molecular weight is 268 g/mol. The zero-order valence-corrected chi connectivity index (χ0v) is 12.5. The Kier molecular flexibility index (Phi) is 5.08. The molecule has 0 spiro atoms. The number of hydrogen-bond donors (Lipinski definition) is 1. The summed E-state index contributed by atoms with van der Waals surface area (Å²) < 4.78 is 5.05. The van der Waals surface area contributed by atoms with Crippen LogP contribution in [0.1, 0.15) is 46.5 Å². The van der Waals surface area contributed by atoms with E-state index in [0.717, 1.165) is 37.8 Å². The molecule has 0 aromatic carbocycles. The third-order valence-electron chi connectivity index (χ3n) is 4.94. The molecule has 1 aliphatic carbocycles. The third-order valence-corrected chi connectivity index (χ3v) is 4.94. The van der Waals surface area contributed by atoms with Gasteiger partial charge in [-0.2, -0.15) is 0 Å². The Morgan fingerprint density at radius 1 is 1.21 bits per heavy atom. The van der Waals surface area contributed by atoms with Crippen LogP contribution in [0.5, 0.6) is 0 Å². The monoisotopic (exact) mass is 268 g/mol. The third kappa shape index (κ3) is 3.62. The van der Waals surface area contributed by atoms with Crippen LogP contribution in [0.3, 0.4) is 0 Å². The number of carbonyl (C=O) groups excluding carboxylic acids is 1. The van der Waals surface area contributed by atoms with Crippen LogP contribution < -0.4 is 5.32 Å². The van der Waals surface area contributed by atoms with E-state index in [-0.39, 0.29) is 6.09 Å². The van der Waals surface area contributed by atoms with Crippen molar-refractivity contribution >= 4 is 6.09 Å². The number of rotatable bonds is 3. The molecule has 0 aromatic rings. The highest BCUT2D eigenvalue weighted by Crippen LogP contribution is 2.32. The van der Waals surface area contributed by atoms with Gasteiger partial charge in [-0.1, -0.05) is 13.8 Å². The van der Waals surface area contributed by atoms with Crippen molar-refractivity contribution in [1.82, 2.24) is 10.2 Å². The Morgan fingerprint density at radius 2 is 1.89 bits per heavy atom. The SMILES string of the molecule is CCOC(=O)N1CCC(NC2CCC(C)C2C)CC1. The zero-order valence-electron chi connectivity index (χ0n) is 12.5. The Labute approximate surface area is 116 Å². The van der Waals surface area contributed by atoms with Gasteiger partial charge in [0.25, 0.3) is 0 Å². The summed E-state index contributed by atoms with van der Waals surface area (Å²) in [5.74, 6) is 1.63. The van der Waals surface area contributed by atoms with Crippen molar-refractivity contribution in [3.05, 3.63) is 0 Å². The smallest absolute Gasteiger partial charge is 0.409 e. The van der Waals surface area contributed by atoms with E-state index >= 15 is 0 Å². The van der Waals surface area contributed by atoms with Gasteiger partial charge < -0.3 is 15.0 Å². The topological polar surface area (TPSA) is 41.6 Å². The first-order valence-corrected chi connectivity index (χ1v) is 7.79. The first-order valence-electron chi connectivity index (χ1n) is 7.79. The molecule has 0 radical (unpaired) electrons. The van der Waals surface area contributed by atoms with Crippen LogP contribution in [0.25, 0.3) is 0 Å². The molecule has 1 heterocycles. The maximum absolute atomic E-state index is 11.6. The summed E-state index contributed by atoms with van der Waals surface area (Å²) in [5, 5.41) is 3.81. The van der Waals surface area contributed by atoms with Crippen LogP contribution in [-0.4, -0.2) is 42.8 Å². The number of likely N-dealkylation sites (tertiary alicyclic amines) is 1. The molecule has 4 heteroatoms. The van der Waals surface area contributed by atoms with E-state index in [1.54, 1.807) is 0 Å². The predicted octanol–water partition coefficient (Wildman–Crippen LogP) is 2.63. The van der Waals surface area contributed by atoms with Crippen molar-refractivity contribution in [3.63, 3.8) is 0 Å². The molecule has 1 saturated heterocycles. The van der Waals surface area contributed by atoms with Gasteiger partial charge in [0, 0.05) is 25.2 Å². The van der Waals surface area contributed by atoms with Crippen molar-refractivity contribution in [3.8, 4) is 0 Å². The highest BCUT2D eigenvalue weighted by atomic mass is 16.6. The normalized spacial score (nSPS) is 32.6. The van der Waals surface area contributed by atoms with Crippen molar-refractivity contribution in [1.29, 1.82) is 0 Å². The Balaban J connectivity index is 1.73. The number of nitrogens with one attached hydrogen (secondary N) is 1. The van der Waals surface area contributed by atoms with E-state index in [1.807, 2.05) is 11.8 Å². The summed E-state index contributed by atoms with van der Waals surface area (Å²) in [4.78, 5) is 13.5. The van der Waals surface area contributed by atoms with Crippen molar-refractivity contribution in [2.45, 2.75) is 58.5 Å². The van der Waals surface area contributed by atoms with Gasteiger partial charge in [0.1, 0.15) is 0 Å². The lowest BCUT2D eigenvalue weighted by Gasteiger charge is -2.34. The van der Waals surface area contributed by atoms with Crippen molar-refractivity contribution < 1.29 is 9.53 Å². The minimum absolute atomic E-state index is 0.149. The summed E-state index contributed by atoms with van der Waals surface area (Å²) >= 11 is 0. The summed E-state index contributed by atoms with van der Waals surface area (Å²) in [6, 6.07) is 1.25. The minimum Gasteiger partial charge on any atom is -0.450 e. The molecular formula is C15H28N2O2. The molecule has 1 saturated carbocycles. The number of carbonyl (C=O) groups is 1. The van der Waals surface area contributed by atoms with Crippen LogP contribution in [-0.2, 0) is 4.74 Å². The van der Waals surface area contributed by atoms with Gasteiger partial charge in [0.05, 0.1) is 6.61 Å². The summed E-state index contributed by atoms with van der Waals surface area (Å²) in [7, 11) is 0. The van der Waals surface area contributed by atoms with Gasteiger partial charge in [-0.05, 0) is 44.4 Å². The predicted molar refractivity (Wildman–Crippen MR) is 76.1 cm³/mol. The lowest BCUT2D eigenvalue weighted by Crippen LogP contribution is -2.48. The van der Waals surface area contributed by atoms with Crippen molar-refractivity contribution in [2.24, 2.45) is 11.8 Å². The molecule has 1 N–H and O–H groups in total. The van der Waals surface area contributed by atoms with Crippen LogP contribution in [0.15, 0.2) is 0 Å². The van der Waals surface area contributed by atoms with E-state index in [2.05, 4.69) is 19.2 Å². The quantitative estimate of drug-likeness (QED) is 0.855. The van der Waals surface area contributed by atoms with E-state index < -0.39 is 0 Å². The number of ether oxygens (including phenoxy) is 1. The number of nitrogens with zero attached hydrogens (tertiary/aromatic N) is 1. The van der Waals surface area contributed by atoms with Crippen LogP contribution in [0.4, 0.5) is 4.79 Å². The lowest BCUT2D eigenvalue weighted by molar-refractivity contribution is 0.0936. The van der Waals surface area contributed by atoms with Gasteiger partial charge in [-0.15, -0.1) is 0 Å². The molecule has 0 aromatic heterocycles. The zero-order chi connectivity index (χ0) is 13.8. The maximum Gasteiger partial charge on any atom is 0.409 e. The van der Waals surface area contributed by atoms with Crippen molar-refractivity contribution in [2.75, 3.05) is 19.7 Å². The standard InChI is InChI=1S/C15H28N2O2/c1-4-19-15(18)17-9-7-13(8-10-17)16-14-6-5-11(2)12(14)3/h11-14,16H,4-10H2,1-3H3. The molecule has 3 unspecified atom stereocenters. The molecular weight excluding hydrogens is 240 g/mol. The minimum atomic E-state index is -0.149. The fraction of sp³-hybridized carbons (Fsp3) is 0.933. The molecule has 2 fully saturated rings. The van der Waals surface area contributed by atoms with E-state index in [4.69, 9.17) is 4.74 Å². The second-order valence-electron chi connectivity index (χ2n) is 6.15.